The van der Waals surface area contributed by atoms with Crippen LogP contribution in [0.2, 0.25) is 0 Å². The minimum absolute atomic E-state index is 0.0958. The highest BCUT2D eigenvalue weighted by Gasteiger charge is 2.38. The maximum Gasteiger partial charge on any atom is 0.137 e. The lowest BCUT2D eigenvalue weighted by Crippen LogP contribution is -2.15. The highest BCUT2D eigenvalue weighted by atomic mass is 16.3. The first-order valence-electron chi connectivity index (χ1n) is 19.1. The van der Waals surface area contributed by atoms with Gasteiger partial charge in [-0.05, 0) is 121 Å². The van der Waals surface area contributed by atoms with E-state index in [0.29, 0.717) is 0 Å². The van der Waals surface area contributed by atoms with Gasteiger partial charge in [0, 0.05) is 39.3 Å². The van der Waals surface area contributed by atoms with Crippen molar-refractivity contribution in [2.24, 2.45) is 0 Å². The van der Waals surface area contributed by atoms with Crippen LogP contribution >= 0.6 is 0 Å². The van der Waals surface area contributed by atoms with Gasteiger partial charge in [-0.25, -0.2) is 0 Å². The molecule has 2 nitrogen and oxygen atoms in total. The van der Waals surface area contributed by atoms with Crippen LogP contribution in [-0.4, -0.2) is 0 Å². The van der Waals surface area contributed by atoms with E-state index in [9.17, 15) is 0 Å². The number of para-hydroxylation sites is 1. The van der Waals surface area contributed by atoms with Crippen LogP contribution in [0.15, 0.2) is 192 Å². The van der Waals surface area contributed by atoms with Crippen LogP contribution in [0.1, 0.15) is 25.0 Å². The van der Waals surface area contributed by atoms with Crippen molar-refractivity contribution >= 4 is 60.5 Å². The number of rotatable bonds is 5. The molecule has 0 radical (unpaired) electrons. The summed E-state index contributed by atoms with van der Waals surface area (Å²) in [5.74, 6) is 0. The summed E-state index contributed by atoms with van der Waals surface area (Å²) < 4.78 is 6.38. The van der Waals surface area contributed by atoms with Crippen molar-refractivity contribution < 1.29 is 4.42 Å². The first kappa shape index (κ1) is 31.6. The van der Waals surface area contributed by atoms with Crippen LogP contribution in [0.4, 0.5) is 17.1 Å². The predicted molar refractivity (Wildman–Crippen MR) is 232 cm³/mol. The smallest absolute Gasteiger partial charge is 0.137 e. The van der Waals surface area contributed by atoms with Gasteiger partial charge < -0.3 is 9.32 Å². The molecule has 1 aliphatic carbocycles. The molecule has 0 atom stereocenters. The maximum absolute atomic E-state index is 6.38. The monoisotopic (exact) mass is 703 g/mol. The van der Waals surface area contributed by atoms with Crippen LogP contribution in [-0.2, 0) is 5.41 Å². The minimum atomic E-state index is -0.0958. The van der Waals surface area contributed by atoms with Gasteiger partial charge in [-0.3, -0.25) is 0 Å². The Bertz CT molecular complexity index is 3110. The average Bonchev–Trinajstić information content (AvgIpc) is 3.73. The molecule has 1 aliphatic rings. The summed E-state index contributed by atoms with van der Waals surface area (Å²) in [5, 5.41) is 7.27. The van der Waals surface area contributed by atoms with Crippen molar-refractivity contribution in [1.29, 1.82) is 0 Å². The Morgan fingerprint density at radius 1 is 0.400 bits per heavy atom. The Labute approximate surface area is 320 Å². The fourth-order valence-corrected chi connectivity index (χ4v) is 9.16. The maximum atomic E-state index is 6.38. The van der Waals surface area contributed by atoms with Crippen LogP contribution in [0.3, 0.4) is 0 Å². The summed E-state index contributed by atoms with van der Waals surface area (Å²) in [5.41, 5.74) is 15.3. The Kier molecular flexibility index (Phi) is 6.93. The summed E-state index contributed by atoms with van der Waals surface area (Å²) in [6.07, 6.45) is 0. The molecule has 0 saturated carbocycles. The first-order chi connectivity index (χ1) is 27.0. The summed E-state index contributed by atoms with van der Waals surface area (Å²) in [6.45, 7) is 4.76. The number of fused-ring (bicyclic) bond motifs is 9. The second-order valence-corrected chi connectivity index (χ2v) is 15.3. The Morgan fingerprint density at radius 2 is 1.02 bits per heavy atom. The molecule has 55 heavy (non-hydrogen) atoms. The van der Waals surface area contributed by atoms with Crippen LogP contribution in [0, 0.1) is 0 Å². The van der Waals surface area contributed by atoms with Crippen molar-refractivity contribution in [2.45, 2.75) is 19.3 Å². The minimum Gasteiger partial charge on any atom is -0.456 e. The van der Waals surface area contributed by atoms with Gasteiger partial charge in [0.05, 0.1) is 0 Å². The third-order valence-electron chi connectivity index (χ3n) is 11.8. The molecular formula is C53H37NO. The number of nitrogens with zero attached hydrogens (tertiary/aromatic N) is 1. The van der Waals surface area contributed by atoms with Crippen molar-refractivity contribution in [3.8, 4) is 33.4 Å². The highest BCUT2D eigenvalue weighted by Crippen LogP contribution is 2.55. The van der Waals surface area contributed by atoms with Crippen LogP contribution in [0.25, 0.3) is 76.9 Å². The van der Waals surface area contributed by atoms with Gasteiger partial charge in [0.15, 0.2) is 0 Å². The van der Waals surface area contributed by atoms with Crippen LogP contribution in [0.5, 0.6) is 0 Å². The lowest BCUT2D eigenvalue weighted by Gasteiger charge is -2.26. The van der Waals surface area contributed by atoms with Gasteiger partial charge in [0.2, 0.25) is 0 Å². The molecule has 1 aromatic heterocycles. The molecule has 0 bridgehead atoms. The Hall–Kier alpha value is -6.90. The van der Waals surface area contributed by atoms with E-state index < -0.39 is 0 Å². The fourth-order valence-electron chi connectivity index (χ4n) is 9.16. The highest BCUT2D eigenvalue weighted by molar-refractivity contribution is 6.07. The quantitative estimate of drug-likeness (QED) is 0.177. The summed E-state index contributed by atoms with van der Waals surface area (Å²) >= 11 is 0. The second kappa shape index (κ2) is 12.1. The number of hydrogen-bond acceptors (Lipinski definition) is 2. The molecule has 0 spiro atoms. The SMILES string of the molecule is CC1(C)c2ccccc2-c2c(-c3ccc4cc(N(c5ccc(-c6ccccc6)cc5)c5ccc6c(c5)oc5ccccc56)ccc4c3)cc3ccccc3c21. The van der Waals surface area contributed by atoms with Gasteiger partial charge in [-0.2, -0.15) is 0 Å². The van der Waals surface area contributed by atoms with Crippen LogP contribution < -0.4 is 4.90 Å². The fraction of sp³-hybridized carbons (Fsp3) is 0.0566. The number of benzene rings is 9. The third kappa shape index (κ3) is 4.95. The number of anilines is 3. The summed E-state index contributed by atoms with van der Waals surface area (Å²) in [4.78, 5) is 2.34. The topological polar surface area (TPSA) is 16.4 Å². The normalized spacial score (nSPS) is 13.1. The largest absolute Gasteiger partial charge is 0.456 e. The predicted octanol–water partition coefficient (Wildman–Crippen LogP) is 15.0. The standard InChI is InChI=1S/C53H37NO/c1-53(2)48-18-10-8-17-46(48)51-47(32-38-14-6-7-15-43(38)52(51)53)39-21-20-37-31-41(27-24-36(37)30-39)54(40-25-22-35(23-26-40)34-12-4-3-5-13-34)42-28-29-45-44-16-9-11-19-49(44)55-50(45)33-42/h3-33H,1-2H3. The van der Waals surface area contributed by atoms with E-state index in [0.717, 1.165) is 39.0 Å². The molecule has 0 N–H and O–H groups in total. The molecule has 0 saturated heterocycles. The van der Waals surface area contributed by atoms with E-state index in [4.69, 9.17) is 4.42 Å². The molecule has 0 unspecified atom stereocenters. The lowest BCUT2D eigenvalue weighted by atomic mass is 9.79. The molecule has 260 valence electrons. The van der Waals surface area contributed by atoms with Gasteiger partial charge in [-0.1, -0.05) is 141 Å². The van der Waals surface area contributed by atoms with Crippen molar-refractivity contribution in [1.82, 2.24) is 0 Å². The molecule has 10 aromatic rings. The first-order valence-corrected chi connectivity index (χ1v) is 19.1. The lowest BCUT2D eigenvalue weighted by molar-refractivity contribution is 0.666. The van der Waals surface area contributed by atoms with Crippen molar-refractivity contribution in [2.75, 3.05) is 4.90 Å². The van der Waals surface area contributed by atoms with Gasteiger partial charge in [0.25, 0.3) is 0 Å². The zero-order valence-electron chi connectivity index (χ0n) is 30.8. The zero-order valence-corrected chi connectivity index (χ0v) is 30.8. The third-order valence-corrected chi connectivity index (χ3v) is 11.8. The molecule has 9 aromatic carbocycles. The number of furan rings is 1. The molecule has 0 aliphatic heterocycles. The van der Waals surface area contributed by atoms with E-state index in [2.05, 4.69) is 195 Å². The van der Waals surface area contributed by atoms with E-state index in [1.54, 1.807) is 0 Å². The molecule has 0 amide bonds. The van der Waals surface area contributed by atoms with Gasteiger partial charge in [0.1, 0.15) is 11.2 Å². The van der Waals surface area contributed by atoms with E-state index in [1.807, 2.05) is 12.1 Å². The molecule has 1 heterocycles. The Balaban J connectivity index is 1.05. The van der Waals surface area contributed by atoms with Crippen molar-refractivity contribution in [3.63, 3.8) is 0 Å². The van der Waals surface area contributed by atoms with Gasteiger partial charge >= 0.3 is 0 Å². The second-order valence-electron chi connectivity index (χ2n) is 15.3. The Morgan fingerprint density at radius 3 is 1.89 bits per heavy atom. The molecular weight excluding hydrogens is 667 g/mol. The zero-order chi connectivity index (χ0) is 36.7. The molecule has 0 fully saturated rings. The summed E-state index contributed by atoms with van der Waals surface area (Å²) in [7, 11) is 0. The van der Waals surface area contributed by atoms with Gasteiger partial charge in [-0.15, -0.1) is 0 Å². The van der Waals surface area contributed by atoms with E-state index in [-0.39, 0.29) is 5.41 Å². The summed E-state index contributed by atoms with van der Waals surface area (Å²) in [6, 6.07) is 68.3. The average molecular weight is 704 g/mol. The molecule has 2 heteroatoms. The van der Waals surface area contributed by atoms with Crippen molar-refractivity contribution in [3.05, 3.63) is 199 Å². The number of hydrogen-bond donors (Lipinski definition) is 0. The molecule has 11 rings (SSSR count). The van der Waals surface area contributed by atoms with E-state index >= 15 is 0 Å². The van der Waals surface area contributed by atoms with E-state index in [1.165, 1.54) is 66.1 Å².